The van der Waals surface area contributed by atoms with Gasteiger partial charge in [0.25, 0.3) is 0 Å². The van der Waals surface area contributed by atoms with Crippen LogP contribution in [-0.4, -0.2) is 5.08 Å². The zero-order valence-corrected chi connectivity index (χ0v) is 35.5. The van der Waals surface area contributed by atoms with Crippen LogP contribution in [0.2, 0.25) is 0 Å². The van der Waals surface area contributed by atoms with Gasteiger partial charge in [0, 0.05) is 13.6 Å². The van der Waals surface area contributed by atoms with Crippen LogP contribution in [0.1, 0.15) is 0 Å². The van der Waals surface area contributed by atoms with Crippen molar-refractivity contribution in [3.63, 3.8) is 0 Å². The van der Waals surface area contributed by atoms with E-state index in [9.17, 15) is 0 Å². The molecule has 43 heavy (non-hydrogen) atoms. The normalized spacial score (nSPS) is 26.5. The molecule has 0 aliphatic carbocycles. The van der Waals surface area contributed by atoms with E-state index < -0.39 is 0 Å². The largest absolute Gasteiger partial charge is 0.107 e. The maximum atomic E-state index is 2.31. The van der Waals surface area contributed by atoms with Gasteiger partial charge in [-0.2, -0.15) is 0 Å². The number of hydrogen-bond donors (Lipinski definition) is 0. The van der Waals surface area contributed by atoms with Crippen LogP contribution in [0.4, 0.5) is 0 Å². The molecule has 8 aliphatic rings. The predicted octanol–water partition coefficient (Wildman–Crippen LogP) is 16.7. The summed E-state index contributed by atoms with van der Waals surface area (Å²) in [6.45, 7) is 0. The Morgan fingerprint density at radius 2 is 0.721 bits per heavy atom. The number of allylic oxidation sites excluding steroid dienone is 4. The van der Waals surface area contributed by atoms with Gasteiger partial charge in [-0.15, -0.1) is 23.5 Å². The van der Waals surface area contributed by atoms with Gasteiger partial charge in [0.05, 0.1) is 50.8 Å². The highest BCUT2D eigenvalue weighted by atomic mass is 32.3. The standard InChI is InChI=1S/C25H12S18/c1(3-14-36-22-23(37-14)41-20(40-22)18-26-5-6-27-18)12-30-9-16(34-12)32-11-33-17-10-31-13(35-17)2-4-15-38-24-25(39-15)43-21(42-24)19-28-7-8-29-19/h1-10H,11H2/b12-1+,13-2?. The summed E-state index contributed by atoms with van der Waals surface area (Å²) < 4.78 is 19.9. The zero-order valence-electron chi connectivity index (χ0n) is 20.8. The molecule has 8 heterocycles. The summed E-state index contributed by atoms with van der Waals surface area (Å²) in [5, 5.41) is 14.4. The van der Waals surface area contributed by atoms with Crippen LogP contribution < -0.4 is 0 Å². The average Bonchev–Trinajstić information content (AvgIpc) is 3.84. The molecule has 0 amide bonds. The Morgan fingerprint density at radius 3 is 1.12 bits per heavy atom. The lowest BCUT2D eigenvalue weighted by atomic mass is 10.6. The second kappa shape index (κ2) is 16.0. The van der Waals surface area contributed by atoms with Gasteiger partial charge in [0.1, 0.15) is 0 Å². The maximum absolute atomic E-state index is 2.31. The Morgan fingerprint density at radius 1 is 0.372 bits per heavy atom. The van der Waals surface area contributed by atoms with E-state index in [-0.39, 0.29) is 0 Å². The first-order valence-corrected chi connectivity index (χ1v) is 27.2. The highest BCUT2D eigenvalue weighted by Crippen LogP contribution is 2.70. The molecule has 0 aromatic rings. The fourth-order valence-corrected chi connectivity index (χ4v) is 27.4. The van der Waals surface area contributed by atoms with Crippen molar-refractivity contribution in [2.75, 3.05) is 5.08 Å². The van der Waals surface area contributed by atoms with Gasteiger partial charge >= 0.3 is 0 Å². The summed E-state index contributed by atoms with van der Waals surface area (Å²) in [5.41, 5.74) is 0. The molecule has 0 aromatic carbocycles. The lowest BCUT2D eigenvalue weighted by Gasteiger charge is -2.04. The Bertz CT molecular complexity index is 1460. The van der Waals surface area contributed by atoms with Gasteiger partial charge in [-0.3, -0.25) is 0 Å². The third-order valence-electron chi connectivity index (χ3n) is 5.05. The molecule has 8 rings (SSSR count). The summed E-state index contributed by atoms with van der Waals surface area (Å²) in [7, 11) is 0. The van der Waals surface area contributed by atoms with Gasteiger partial charge in [-0.05, 0) is 56.8 Å². The van der Waals surface area contributed by atoms with E-state index in [0.29, 0.717) is 0 Å². The van der Waals surface area contributed by atoms with Crippen molar-refractivity contribution >= 4 is 212 Å². The molecule has 0 unspecified atom stereocenters. The first-order valence-electron chi connectivity index (χ1n) is 11.8. The first kappa shape index (κ1) is 33.3. The quantitative estimate of drug-likeness (QED) is 0.232. The van der Waals surface area contributed by atoms with Crippen molar-refractivity contribution in [3.8, 4) is 0 Å². The fraction of sp³-hybridized carbons (Fsp3) is 0.0400. The molecule has 0 aromatic heterocycles. The second-order valence-corrected chi connectivity index (χ2v) is 29.8. The van der Waals surface area contributed by atoms with Crippen molar-refractivity contribution < 1.29 is 0 Å². The molecule has 8 aliphatic heterocycles. The zero-order chi connectivity index (χ0) is 28.6. The second-order valence-electron chi connectivity index (χ2n) is 7.79. The topological polar surface area (TPSA) is 0 Å². The van der Waals surface area contributed by atoms with Crippen molar-refractivity contribution in [1.29, 1.82) is 0 Å². The Labute approximate surface area is 327 Å². The summed E-state index contributed by atoms with van der Waals surface area (Å²) in [4.78, 5) is 0. The smallest absolute Gasteiger partial charge is 0.0717 e. The van der Waals surface area contributed by atoms with E-state index in [1.54, 1.807) is 0 Å². The minimum absolute atomic E-state index is 1.04. The van der Waals surface area contributed by atoms with Crippen LogP contribution in [-0.2, 0) is 0 Å². The number of thioether (sulfide) groups is 18. The summed E-state index contributed by atoms with van der Waals surface area (Å²) in [6.07, 6.45) is 9.21. The highest BCUT2D eigenvalue weighted by Gasteiger charge is 2.33. The molecule has 0 N–H and O–H groups in total. The molecule has 0 bridgehead atoms. The third kappa shape index (κ3) is 8.56. The van der Waals surface area contributed by atoms with Crippen LogP contribution in [0.15, 0.2) is 116 Å². The molecule has 0 radical (unpaired) electrons. The van der Waals surface area contributed by atoms with E-state index in [1.165, 1.54) is 59.3 Å². The Hall–Kier alpha value is 3.18. The van der Waals surface area contributed by atoms with E-state index in [2.05, 4.69) is 56.8 Å². The molecule has 0 fully saturated rings. The SMILES string of the molecule is C1=CSC(=C2SC3=C(SC(=CC=C4SC=C(SCSC5=CS/C(=C\C=C6SC7=C(S6)SC(=C6SC=CS6)S7)S5)S4)S3)S2)S1. The molecule has 0 saturated heterocycles. The molecular formula is C25H12S18. The third-order valence-corrected chi connectivity index (χ3v) is 28.8. The molecule has 0 saturated carbocycles. The molecule has 18 heteroatoms. The average molecular weight is 890 g/mol. The van der Waals surface area contributed by atoms with Crippen molar-refractivity contribution in [3.05, 3.63) is 116 Å². The maximum Gasteiger partial charge on any atom is 0.0717 e. The number of hydrogen-bond acceptors (Lipinski definition) is 18. The molecule has 0 spiro atoms. The predicted molar refractivity (Wildman–Crippen MR) is 236 cm³/mol. The van der Waals surface area contributed by atoms with Crippen molar-refractivity contribution in [1.82, 2.24) is 0 Å². The summed E-state index contributed by atoms with van der Waals surface area (Å²) >= 11 is 34.3. The van der Waals surface area contributed by atoms with Crippen molar-refractivity contribution in [2.45, 2.75) is 0 Å². The first-order chi connectivity index (χ1) is 21.2. The fourth-order valence-electron chi connectivity index (χ4n) is 3.31. The lowest BCUT2D eigenvalue weighted by Crippen LogP contribution is -1.71. The monoisotopic (exact) mass is 888 g/mol. The highest BCUT2D eigenvalue weighted by molar-refractivity contribution is 8.50. The molecular weight excluding hydrogens is 877 g/mol. The van der Waals surface area contributed by atoms with E-state index in [4.69, 9.17) is 0 Å². The van der Waals surface area contributed by atoms with Gasteiger partial charge in [0.2, 0.25) is 0 Å². The molecule has 0 atom stereocenters. The Balaban J connectivity index is 0.741. The van der Waals surface area contributed by atoms with E-state index in [0.717, 1.165) is 5.08 Å². The minimum atomic E-state index is 1.04. The molecule has 0 nitrogen and oxygen atoms in total. The van der Waals surface area contributed by atoms with E-state index in [1.807, 2.05) is 212 Å². The van der Waals surface area contributed by atoms with E-state index >= 15 is 0 Å². The molecule has 220 valence electrons. The van der Waals surface area contributed by atoms with Crippen LogP contribution in [0, 0.1) is 0 Å². The number of rotatable bonds is 6. The van der Waals surface area contributed by atoms with Gasteiger partial charge in [-0.25, -0.2) is 0 Å². The summed E-state index contributed by atoms with van der Waals surface area (Å²) in [6, 6.07) is 0. The van der Waals surface area contributed by atoms with Gasteiger partial charge in [-0.1, -0.05) is 188 Å². The van der Waals surface area contributed by atoms with Crippen LogP contribution in [0.25, 0.3) is 0 Å². The van der Waals surface area contributed by atoms with Gasteiger partial charge < -0.3 is 0 Å². The summed E-state index contributed by atoms with van der Waals surface area (Å²) in [5.74, 6) is 0. The Kier molecular flexibility index (Phi) is 12.4. The van der Waals surface area contributed by atoms with Crippen LogP contribution in [0.5, 0.6) is 0 Å². The van der Waals surface area contributed by atoms with Gasteiger partial charge in [0.15, 0.2) is 0 Å². The minimum Gasteiger partial charge on any atom is -0.107 e. The van der Waals surface area contributed by atoms with Crippen LogP contribution >= 0.6 is 212 Å². The van der Waals surface area contributed by atoms with Crippen molar-refractivity contribution in [2.24, 2.45) is 0 Å². The lowest BCUT2D eigenvalue weighted by molar-refractivity contribution is 2.05. The van der Waals surface area contributed by atoms with Crippen LogP contribution in [0.3, 0.4) is 0 Å².